The van der Waals surface area contributed by atoms with Crippen LogP contribution in [0.1, 0.15) is 0 Å². The van der Waals surface area contributed by atoms with Crippen molar-refractivity contribution in [2.45, 2.75) is 0 Å². The molecule has 6 nitrogen and oxygen atoms in total. The van der Waals surface area contributed by atoms with Crippen LogP contribution >= 0.6 is 11.6 Å². The molecule has 0 radical (unpaired) electrons. The van der Waals surface area contributed by atoms with E-state index in [0.717, 1.165) is 6.20 Å². The van der Waals surface area contributed by atoms with E-state index < -0.39 is 10.7 Å². The third-order valence-corrected chi connectivity index (χ3v) is 2.85. The van der Waals surface area contributed by atoms with Gasteiger partial charge in [-0.3, -0.25) is 10.1 Å². The van der Waals surface area contributed by atoms with E-state index >= 15 is 0 Å². The van der Waals surface area contributed by atoms with Crippen LogP contribution < -0.4 is 0 Å². The van der Waals surface area contributed by atoms with Crippen LogP contribution in [0, 0.1) is 15.9 Å². The first-order valence-electron chi connectivity index (χ1n) is 5.41. The van der Waals surface area contributed by atoms with Crippen molar-refractivity contribution >= 4 is 28.3 Å². The van der Waals surface area contributed by atoms with Crippen molar-refractivity contribution in [1.82, 2.24) is 9.97 Å². The van der Waals surface area contributed by atoms with E-state index in [9.17, 15) is 14.5 Å². The largest absolute Gasteiger partial charge is 0.451 e. The highest BCUT2D eigenvalue weighted by Gasteiger charge is 2.22. The van der Waals surface area contributed by atoms with Crippen molar-refractivity contribution in [3.8, 4) is 11.5 Å². The minimum atomic E-state index is -0.658. The van der Waals surface area contributed by atoms with Crippen LogP contribution in [0.2, 0.25) is 5.28 Å². The maximum absolute atomic E-state index is 13.6. The highest BCUT2D eigenvalue weighted by Crippen LogP contribution is 2.33. The van der Waals surface area contributed by atoms with Gasteiger partial charge in [-0.2, -0.15) is 0 Å². The second kappa shape index (κ2) is 4.53. The number of para-hydroxylation sites is 1. The van der Waals surface area contributed by atoms with Crippen molar-refractivity contribution < 1.29 is 13.7 Å². The number of furan rings is 1. The maximum atomic E-state index is 13.6. The van der Waals surface area contributed by atoms with E-state index in [1.807, 2.05) is 0 Å². The van der Waals surface area contributed by atoms with E-state index in [1.54, 1.807) is 6.07 Å². The number of benzene rings is 1. The molecule has 0 atom stereocenters. The molecule has 100 valence electrons. The molecule has 0 spiro atoms. The average Bonchev–Trinajstić information content (AvgIpc) is 2.83. The fraction of sp³-hybridized carbons (Fsp3) is 0. The molecule has 8 heteroatoms. The Hall–Kier alpha value is -2.54. The molecular formula is C12H5ClFN3O3. The number of nitrogens with zero attached hydrogens (tertiary/aromatic N) is 3. The molecule has 3 aromatic rings. The molecule has 0 aliphatic carbocycles. The molecule has 0 bridgehead atoms. The van der Waals surface area contributed by atoms with Crippen LogP contribution in [0.3, 0.4) is 0 Å². The van der Waals surface area contributed by atoms with Gasteiger partial charge >= 0.3 is 5.69 Å². The Balaban J connectivity index is 2.27. The first-order valence-corrected chi connectivity index (χ1v) is 5.79. The molecule has 0 aliphatic heterocycles. The highest BCUT2D eigenvalue weighted by molar-refractivity contribution is 6.28. The van der Waals surface area contributed by atoms with Crippen LogP contribution in [-0.2, 0) is 0 Å². The van der Waals surface area contributed by atoms with Crippen molar-refractivity contribution in [3.63, 3.8) is 0 Å². The quantitative estimate of drug-likeness (QED) is 0.409. The maximum Gasteiger partial charge on any atom is 0.316 e. The Bertz CT molecular complexity index is 834. The van der Waals surface area contributed by atoms with Crippen molar-refractivity contribution in [3.05, 3.63) is 51.7 Å². The monoisotopic (exact) mass is 293 g/mol. The fourth-order valence-electron chi connectivity index (χ4n) is 1.81. The predicted molar refractivity (Wildman–Crippen MR) is 68.9 cm³/mol. The molecule has 0 unspecified atom stereocenters. The summed E-state index contributed by atoms with van der Waals surface area (Å²) in [4.78, 5) is 17.6. The van der Waals surface area contributed by atoms with Crippen LogP contribution in [0.25, 0.3) is 22.4 Å². The molecule has 2 heterocycles. The Morgan fingerprint density at radius 1 is 1.40 bits per heavy atom. The molecule has 0 saturated heterocycles. The molecule has 3 rings (SSSR count). The smallest absolute Gasteiger partial charge is 0.316 e. The van der Waals surface area contributed by atoms with Gasteiger partial charge in [0.25, 0.3) is 0 Å². The first-order chi connectivity index (χ1) is 9.56. The number of fused-ring (bicyclic) bond motifs is 1. The van der Waals surface area contributed by atoms with Gasteiger partial charge in [0.05, 0.1) is 4.92 Å². The Morgan fingerprint density at radius 2 is 2.20 bits per heavy atom. The van der Waals surface area contributed by atoms with Crippen LogP contribution in [-0.4, -0.2) is 14.9 Å². The van der Waals surface area contributed by atoms with E-state index in [2.05, 4.69) is 9.97 Å². The molecule has 0 amide bonds. The number of hydrogen-bond acceptors (Lipinski definition) is 5. The molecule has 0 N–H and O–H groups in total. The van der Waals surface area contributed by atoms with Crippen LogP contribution in [0.5, 0.6) is 0 Å². The summed E-state index contributed by atoms with van der Waals surface area (Å²) in [5.41, 5.74) is -0.453. The number of aromatic nitrogens is 2. The second-order valence-corrected chi connectivity index (χ2v) is 4.24. The SMILES string of the molecule is O=[N+]([O-])c1cnc(Cl)nc1-c1cc2cccc(F)c2o1. The van der Waals surface area contributed by atoms with Crippen molar-refractivity contribution in [2.75, 3.05) is 0 Å². The molecule has 1 aromatic carbocycles. The molecule has 2 aromatic heterocycles. The summed E-state index contributed by atoms with van der Waals surface area (Å²) in [6, 6.07) is 5.83. The van der Waals surface area contributed by atoms with Gasteiger partial charge in [-0.25, -0.2) is 14.4 Å². The molecule has 0 fully saturated rings. The zero-order valence-electron chi connectivity index (χ0n) is 9.71. The lowest BCUT2D eigenvalue weighted by molar-refractivity contribution is -0.384. The lowest BCUT2D eigenvalue weighted by Gasteiger charge is -1.98. The zero-order chi connectivity index (χ0) is 14.3. The van der Waals surface area contributed by atoms with Crippen molar-refractivity contribution in [1.29, 1.82) is 0 Å². The van der Waals surface area contributed by atoms with E-state index in [4.69, 9.17) is 16.0 Å². The number of halogens is 2. The standard InChI is InChI=1S/C12H5ClFN3O3/c13-12-15-5-8(17(18)19)10(16-12)9-4-6-2-1-3-7(14)11(6)20-9/h1-5H. The lowest BCUT2D eigenvalue weighted by Crippen LogP contribution is -1.96. The third-order valence-electron chi connectivity index (χ3n) is 2.67. The van der Waals surface area contributed by atoms with Gasteiger partial charge in [0.2, 0.25) is 5.28 Å². The Kier molecular flexibility index (Phi) is 2.83. The van der Waals surface area contributed by atoms with Crippen LogP contribution in [0.4, 0.5) is 10.1 Å². The topological polar surface area (TPSA) is 82.1 Å². The molecule has 20 heavy (non-hydrogen) atoms. The minimum Gasteiger partial charge on any atom is -0.451 e. The molecule has 0 saturated carbocycles. The summed E-state index contributed by atoms with van der Waals surface area (Å²) < 4.78 is 18.9. The van der Waals surface area contributed by atoms with Gasteiger partial charge in [-0.15, -0.1) is 0 Å². The number of hydrogen-bond donors (Lipinski definition) is 0. The van der Waals surface area contributed by atoms with E-state index in [1.165, 1.54) is 18.2 Å². The summed E-state index contributed by atoms with van der Waals surface area (Å²) in [7, 11) is 0. The van der Waals surface area contributed by atoms with E-state index in [0.29, 0.717) is 5.39 Å². The summed E-state index contributed by atoms with van der Waals surface area (Å²) in [5.74, 6) is -0.502. The normalized spacial score (nSPS) is 10.9. The van der Waals surface area contributed by atoms with Crippen molar-refractivity contribution in [2.24, 2.45) is 0 Å². The fourth-order valence-corrected chi connectivity index (χ4v) is 1.95. The lowest BCUT2D eigenvalue weighted by atomic mass is 10.2. The average molecular weight is 294 g/mol. The second-order valence-electron chi connectivity index (χ2n) is 3.90. The minimum absolute atomic E-state index is 0.00605. The number of rotatable bonds is 2. The number of nitro groups is 1. The summed E-state index contributed by atoms with van der Waals surface area (Å²) in [5, 5.41) is 11.3. The van der Waals surface area contributed by atoms with E-state index in [-0.39, 0.29) is 28.0 Å². The molecule has 0 aliphatic rings. The summed E-state index contributed by atoms with van der Waals surface area (Å²) in [6.07, 6.45) is 0.980. The first kappa shape index (κ1) is 12.5. The van der Waals surface area contributed by atoms with Crippen LogP contribution in [0.15, 0.2) is 34.9 Å². The molecular weight excluding hydrogens is 289 g/mol. The summed E-state index contributed by atoms with van der Waals surface area (Å²) in [6.45, 7) is 0. The third kappa shape index (κ3) is 1.97. The van der Waals surface area contributed by atoms with Gasteiger partial charge in [-0.05, 0) is 23.7 Å². The van der Waals surface area contributed by atoms with Gasteiger partial charge in [0, 0.05) is 5.39 Å². The van der Waals surface area contributed by atoms with Gasteiger partial charge in [0.15, 0.2) is 22.9 Å². The Morgan fingerprint density at radius 3 is 2.90 bits per heavy atom. The zero-order valence-corrected chi connectivity index (χ0v) is 10.5. The Labute approximate surface area is 116 Å². The predicted octanol–water partition coefficient (Wildman–Crippen LogP) is 3.59. The van der Waals surface area contributed by atoms with Gasteiger partial charge < -0.3 is 4.42 Å². The summed E-state index contributed by atoms with van der Waals surface area (Å²) >= 11 is 5.64. The van der Waals surface area contributed by atoms with Gasteiger partial charge in [0.1, 0.15) is 6.20 Å². The highest BCUT2D eigenvalue weighted by atomic mass is 35.5. The van der Waals surface area contributed by atoms with Gasteiger partial charge in [-0.1, -0.05) is 12.1 Å².